The van der Waals surface area contributed by atoms with Gasteiger partial charge < -0.3 is 29.3 Å². The lowest BCUT2D eigenvalue weighted by Gasteiger charge is -2.37. The smallest absolute Gasteiger partial charge is 0.312 e. The van der Waals surface area contributed by atoms with Gasteiger partial charge >= 0.3 is 5.97 Å². The number of hydrogen-bond donors (Lipinski definition) is 1. The SMILES string of the molecule is C=CCCCOC(=O)[C@@H]1[C@H]2C(=O)N(CCCCCO)C(C(=O)N(CC=C)c3ccc(N(CC)CC)cc3)C23CC[C@@]1(C)O3. The number of nitrogens with zero attached hydrogens (tertiary/aromatic N) is 3. The van der Waals surface area contributed by atoms with Gasteiger partial charge in [0, 0.05) is 44.2 Å². The second-order valence-electron chi connectivity index (χ2n) is 12.1. The number of aliphatic hydroxyl groups excluding tert-OH is 1. The van der Waals surface area contributed by atoms with Gasteiger partial charge in [-0.2, -0.15) is 0 Å². The molecule has 0 aromatic heterocycles. The van der Waals surface area contributed by atoms with E-state index in [-0.39, 0.29) is 31.6 Å². The highest BCUT2D eigenvalue weighted by molar-refractivity contribution is 6.05. The Balaban J connectivity index is 1.69. The Hall–Kier alpha value is -3.17. The number of rotatable bonds is 17. The van der Waals surface area contributed by atoms with Gasteiger partial charge in [-0.25, -0.2) is 0 Å². The van der Waals surface area contributed by atoms with Crippen molar-refractivity contribution in [3.05, 3.63) is 49.6 Å². The molecule has 3 saturated heterocycles. The lowest BCUT2D eigenvalue weighted by Crippen LogP contribution is -2.56. The zero-order chi connectivity index (χ0) is 31.2. The molecule has 4 rings (SSSR count). The van der Waals surface area contributed by atoms with Crippen molar-refractivity contribution in [2.75, 3.05) is 49.2 Å². The number of likely N-dealkylation sites (tertiary alicyclic amines) is 1. The van der Waals surface area contributed by atoms with Crippen molar-refractivity contribution in [1.82, 2.24) is 4.90 Å². The van der Waals surface area contributed by atoms with E-state index in [1.54, 1.807) is 22.0 Å². The van der Waals surface area contributed by atoms with Crippen LogP contribution in [-0.4, -0.2) is 84.4 Å². The second-order valence-corrected chi connectivity index (χ2v) is 12.1. The molecule has 43 heavy (non-hydrogen) atoms. The summed E-state index contributed by atoms with van der Waals surface area (Å²) in [6.07, 6.45) is 7.88. The lowest BCUT2D eigenvalue weighted by molar-refractivity contribution is -0.159. The van der Waals surface area contributed by atoms with Crippen molar-refractivity contribution < 1.29 is 29.0 Å². The number of carbonyl (C=O) groups is 3. The van der Waals surface area contributed by atoms with Crippen molar-refractivity contribution in [2.24, 2.45) is 11.8 Å². The van der Waals surface area contributed by atoms with Gasteiger partial charge in [0.05, 0.1) is 18.1 Å². The van der Waals surface area contributed by atoms with Crippen LogP contribution in [0.2, 0.25) is 0 Å². The first-order valence-electron chi connectivity index (χ1n) is 15.9. The fourth-order valence-electron chi connectivity index (χ4n) is 7.40. The summed E-state index contributed by atoms with van der Waals surface area (Å²) in [5.74, 6) is -2.47. The number of benzene rings is 1. The van der Waals surface area contributed by atoms with Gasteiger partial charge in [0.15, 0.2) is 0 Å². The van der Waals surface area contributed by atoms with Crippen LogP contribution in [0.3, 0.4) is 0 Å². The number of fused-ring (bicyclic) bond motifs is 1. The molecule has 5 atom stereocenters. The number of hydrogen-bond acceptors (Lipinski definition) is 7. The normalized spacial score (nSPS) is 27.2. The Morgan fingerprint density at radius 2 is 1.77 bits per heavy atom. The molecule has 3 heterocycles. The molecule has 0 aliphatic carbocycles. The standard InChI is InChI=1S/C34H49N3O6/c1-6-10-14-24-42-32(41)28-27-30(39)37(22-12-11-13-23-38)29(34(27)20-19-33(28,5)43-34)31(40)36(21-7-2)26-17-15-25(16-18-26)35(8-3)9-4/h6-7,15-18,27-29,38H,1-2,8-14,19-24H2,3-5H3/t27-,28-,29?,33+,34?/m0/s1. The second kappa shape index (κ2) is 14.1. The lowest BCUT2D eigenvalue weighted by atomic mass is 9.66. The van der Waals surface area contributed by atoms with Crippen LogP contribution in [0.25, 0.3) is 0 Å². The summed E-state index contributed by atoms with van der Waals surface area (Å²) in [5, 5.41) is 9.31. The molecule has 9 heteroatoms. The summed E-state index contributed by atoms with van der Waals surface area (Å²) in [4.78, 5) is 48.0. The third-order valence-corrected chi connectivity index (χ3v) is 9.49. The Labute approximate surface area is 256 Å². The topological polar surface area (TPSA) is 99.6 Å². The molecular weight excluding hydrogens is 546 g/mol. The minimum atomic E-state index is -1.12. The van der Waals surface area contributed by atoms with Crippen LogP contribution < -0.4 is 9.80 Å². The van der Waals surface area contributed by atoms with E-state index >= 15 is 0 Å². The Kier molecular flexibility index (Phi) is 10.7. The van der Waals surface area contributed by atoms with Gasteiger partial charge in [-0.05, 0) is 90.0 Å². The molecule has 1 spiro atoms. The Morgan fingerprint density at radius 3 is 2.40 bits per heavy atom. The van der Waals surface area contributed by atoms with E-state index < -0.39 is 35.0 Å². The summed E-state index contributed by atoms with van der Waals surface area (Å²) in [6.45, 7) is 16.4. The molecule has 3 aliphatic rings. The molecular formula is C34H49N3O6. The Bertz CT molecular complexity index is 1170. The van der Waals surface area contributed by atoms with Gasteiger partial charge in [0.2, 0.25) is 5.91 Å². The minimum Gasteiger partial charge on any atom is -0.465 e. The molecule has 0 saturated carbocycles. The number of ether oxygens (including phenoxy) is 2. The van der Waals surface area contributed by atoms with Crippen molar-refractivity contribution in [3.8, 4) is 0 Å². The van der Waals surface area contributed by atoms with Crippen LogP contribution in [0, 0.1) is 11.8 Å². The van der Waals surface area contributed by atoms with Gasteiger partial charge in [-0.3, -0.25) is 14.4 Å². The average Bonchev–Trinajstić information content (AvgIpc) is 3.57. The molecule has 2 bridgehead atoms. The first kappa shape index (κ1) is 32.7. The van der Waals surface area contributed by atoms with Gasteiger partial charge in [-0.1, -0.05) is 12.2 Å². The molecule has 1 aromatic carbocycles. The molecule has 0 radical (unpaired) electrons. The van der Waals surface area contributed by atoms with Crippen molar-refractivity contribution in [2.45, 2.75) is 83.0 Å². The summed E-state index contributed by atoms with van der Waals surface area (Å²) < 4.78 is 12.4. The van der Waals surface area contributed by atoms with E-state index in [1.165, 1.54) is 0 Å². The first-order chi connectivity index (χ1) is 20.7. The van der Waals surface area contributed by atoms with Crippen molar-refractivity contribution in [3.63, 3.8) is 0 Å². The summed E-state index contributed by atoms with van der Waals surface area (Å²) in [6, 6.07) is 7.00. The van der Waals surface area contributed by atoms with Crippen LogP contribution in [0.4, 0.5) is 11.4 Å². The fourth-order valence-corrected chi connectivity index (χ4v) is 7.40. The maximum Gasteiger partial charge on any atom is 0.312 e. The molecule has 3 aliphatic heterocycles. The third kappa shape index (κ3) is 6.11. The maximum absolute atomic E-state index is 14.7. The molecule has 2 amide bonds. The largest absolute Gasteiger partial charge is 0.465 e. The minimum absolute atomic E-state index is 0.0701. The number of aliphatic hydroxyl groups is 1. The predicted octanol–water partition coefficient (Wildman–Crippen LogP) is 4.49. The van der Waals surface area contributed by atoms with Crippen LogP contribution >= 0.6 is 0 Å². The van der Waals surface area contributed by atoms with Crippen LogP contribution in [0.1, 0.15) is 65.7 Å². The Morgan fingerprint density at radius 1 is 1.07 bits per heavy atom. The van der Waals surface area contributed by atoms with E-state index in [9.17, 15) is 19.5 Å². The zero-order valence-corrected chi connectivity index (χ0v) is 26.1. The molecule has 236 valence electrons. The zero-order valence-electron chi connectivity index (χ0n) is 26.1. The fraction of sp³-hybridized carbons (Fsp3) is 0.618. The quantitative estimate of drug-likeness (QED) is 0.161. The number of carbonyl (C=O) groups excluding carboxylic acids is 3. The van der Waals surface area contributed by atoms with E-state index in [0.29, 0.717) is 44.3 Å². The molecule has 2 unspecified atom stereocenters. The van der Waals surface area contributed by atoms with Gasteiger partial charge in [0.1, 0.15) is 17.6 Å². The highest BCUT2D eigenvalue weighted by atomic mass is 16.6. The molecule has 1 N–H and O–H groups in total. The van der Waals surface area contributed by atoms with Crippen molar-refractivity contribution in [1.29, 1.82) is 0 Å². The summed E-state index contributed by atoms with van der Waals surface area (Å²) in [5.41, 5.74) is -0.220. The first-order valence-corrected chi connectivity index (χ1v) is 15.9. The number of esters is 1. The van der Waals surface area contributed by atoms with Crippen LogP contribution in [0.15, 0.2) is 49.6 Å². The third-order valence-electron chi connectivity index (χ3n) is 9.49. The van der Waals surface area contributed by atoms with E-state index in [1.807, 2.05) is 31.2 Å². The van der Waals surface area contributed by atoms with Crippen LogP contribution in [-0.2, 0) is 23.9 Å². The number of anilines is 2. The number of allylic oxidation sites excluding steroid dienone is 1. The molecule has 3 fully saturated rings. The average molecular weight is 596 g/mol. The van der Waals surface area contributed by atoms with E-state index in [2.05, 4.69) is 31.9 Å². The summed E-state index contributed by atoms with van der Waals surface area (Å²) >= 11 is 0. The predicted molar refractivity (Wildman–Crippen MR) is 168 cm³/mol. The van der Waals surface area contributed by atoms with E-state index in [4.69, 9.17) is 9.47 Å². The van der Waals surface area contributed by atoms with Gasteiger partial charge in [0.25, 0.3) is 5.91 Å². The molecule has 9 nitrogen and oxygen atoms in total. The number of amides is 2. The van der Waals surface area contributed by atoms with Crippen LogP contribution in [0.5, 0.6) is 0 Å². The summed E-state index contributed by atoms with van der Waals surface area (Å²) in [7, 11) is 0. The molecule has 1 aromatic rings. The van der Waals surface area contributed by atoms with E-state index in [0.717, 1.165) is 31.6 Å². The van der Waals surface area contributed by atoms with Gasteiger partial charge in [-0.15, -0.1) is 13.2 Å². The highest BCUT2D eigenvalue weighted by Gasteiger charge is 2.78. The maximum atomic E-state index is 14.7. The van der Waals surface area contributed by atoms with Crippen molar-refractivity contribution >= 4 is 29.2 Å². The monoisotopic (exact) mass is 595 g/mol. The number of unbranched alkanes of at least 4 members (excludes halogenated alkanes) is 3. The highest BCUT2D eigenvalue weighted by Crippen LogP contribution is 2.63.